The van der Waals surface area contributed by atoms with Crippen LogP contribution in [0.3, 0.4) is 0 Å². The van der Waals surface area contributed by atoms with Crippen molar-refractivity contribution < 1.29 is 9.53 Å². The number of hydrogen-bond acceptors (Lipinski definition) is 6. The highest BCUT2D eigenvalue weighted by atomic mass is 16.5. The maximum Gasteiger partial charge on any atom is 0.338 e. The zero-order valence-corrected chi connectivity index (χ0v) is 14.4. The standard InChI is InChI=1S/C18H19N5O2/c1-4-25-18(24)14-7-5-13(6-8-14)17-19-21-23(20-17)16-11-9-15(10-12-16)22(2)3/h5-12H,4H2,1-3H3. The van der Waals surface area contributed by atoms with Gasteiger partial charge in [-0.25, -0.2) is 4.79 Å². The second-order valence-corrected chi connectivity index (χ2v) is 5.61. The minimum absolute atomic E-state index is 0.341. The van der Waals surface area contributed by atoms with Crippen molar-refractivity contribution in [1.82, 2.24) is 20.2 Å². The predicted octanol–water partition coefficient (Wildman–Crippen LogP) is 2.57. The number of nitrogens with zero attached hydrogens (tertiary/aromatic N) is 5. The number of ether oxygens (including phenoxy) is 1. The molecule has 0 aliphatic rings. The van der Waals surface area contributed by atoms with Crippen molar-refractivity contribution in [3.8, 4) is 17.1 Å². The van der Waals surface area contributed by atoms with E-state index in [0.717, 1.165) is 16.9 Å². The largest absolute Gasteiger partial charge is 0.462 e. The number of rotatable bonds is 5. The Morgan fingerprint density at radius 1 is 1.08 bits per heavy atom. The molecule has 0 bridgehead atoms. The van der Waals surface area contributed by atoms with Crippen molar-refractivity contribution in [2.24, 2.45) is 0 Å². The number of aromatic nitrogens is 4. The highest BCUT2D eigenvalue weighted by Gasteiger charge is 2.10. The minimum atomic E-state index is -0.341. The van der Waals surface area contributed by atoms with E-state index in [-0.39, 0.29) is 5.97 Å². The normalized spacial score (nSPS) is 10.5. The lowest BCUT2D eigenvalue weighted by atomic mass is 10.1. The van der Waals surface area contributed by atoms with Crippen LogP contribution >= 0.6 is 0 Å². The fraction of sp³-hybridized carbons (Fsp3) is 0.222. The van der Waals surface area contributed by atoms with Gasteiger partial charge < -0.3 is 9.64 Å². The molecule has 2 aromatic carbocycles. The molecule has 0 aliphatic heterocycles. The first kappa shape index (κ1) is 16.6. The van der Waals surface area contributed by atoms with Crippen LogP contribution < -0.4 is 4.90 Å². The Morgan fingerprint density at radius 2 is 1.76 bits per heavy atom. The third kappa shape index (κ3) is 3.65. The SMILES string of the molecule is CCOC(=O)c1ccc(-c2nnn(-c3ccc(N(C)C)cc3)n2)cc1. The van der Waals surface area contributed by atoms with E-state index in [1.54, 1.807) is 31.2 Å². The molecule has 3 aromatic rings. The van der Waals surface area contributed by atoms with E-state index >= 15 is 0 Å². The van der Waals surface area contributed by atoms with Crippen LogP contribution in [-0.2, 0) is 4.74 Å². The summed E-state index contributed by atoms with van der Waals surface area (Å²) in [5, 5.41) is 12.6. The van der Waals surface area contributed by atoms with Crippen LogP contribution in [0.5, 0.6) is 0 Å². The van der Waals surface area contributed by atoms with Crippen molar-refractivity contribution in [2.75, 3.05) is 25.6 Å². The highest BCUT2D eigenvalue weighted by molar-refractivity contribution is 5.89. The highest BCUT2D eigenvalue weighted by Crippen LogP contribution is 2.18. The molecule has 0 saturated heterocycles. The van der Waals surface area contributed by atoms with E-state index in [0.29, 0.717) is 18.0 Å². The van der Waals surface area contributed by atoms with Gasteiger partial charge in [-0.15, -0.1) is 15.0 Å². The Labute approximate surface area is 145 Å². The van der Waals surface area contributed by atoms with Gasteiger partial charge in [-0.3, -0.25) is 0 Å². The summed E-state index contributed by atoms with van der Waals surface area (Å²) < 4.78 is 4.97. The van der Waals surface area contributed by atoms with E-state index in [2.05, 4.69) is 15.4 Å². The van der Waals surface area contributed by atoms with Gasteiger partial charge in [-0.1, -0.05) is 12.1 Å². The molecule has 0 atom stereocenters. The third-order valence-corrected chi connectivity index (χ3v) is 3.66. The maximum atomic E-state index is 11.7. The van der Waals surface area contributed by atoms with Crippen molar-refractivity contribution in [1.29, 1.82) is 0 Å². The first-order valence-corrected chi connectivity index (χ1v) is 7.94. The van der Waals surface area contributed by atoms with Gasteiger partial charge >= 0.3 is 5.97 Å². The molecule has 0 spiro atoms. The van der Waals surface area contributed by atoms with Crippen molar-refractivity contribution in [2.45, 2.75) is 6.92 Å². The minimum Gasteiger partial charge on any atom is -0.462 e. The zero-order valence-electron chi connectivity index (χ0n) is 14.4. The summed E-state index contributed by atoms with van der Waals surface area (Å²) in [5.41, 5.74) is 3.20. The Balaban J connectivity index is 1.80. The van der Waals surface area contributed by atoms with Gasteiger partial charge in [0.25, 0.3) is 0 Å². The molecule has 25 heavy (non-hydrogen) atoms. The van der Waals surface area contributed by atoms with Crippen LogP contribution in [0.1, 0.15) is 17.3 Å². The van der Waals surface area contributed by atoms with Crippen LogP contribution in [-0.4, -0.2) is 46.9 Å². The summed E-state index contributed by atoms with van der Waals surface area (Å²) in [7, 11) is 3.97. The van der Waals surface area contributed by atoms with Crippen molar-refractivity contribution in [3.05, 3.63) is 54.1 Å². The number of hydrogen-bond donors (Lipinski definition) is 0. The molecule has 0 radical (unpaired) electrons. The number of anilines is 1. The summed E-state index contributed by atoms with van der Waals surface area (Å²) in [6, 6.07) is 14.8. The zero-order chi connectivity index (χ0) is 17.8. The van der Waals surface area contributed by atoms with Gasteiger partial charge in [0.2, 0.25) is 5.82 Å². The second kappa shape index (κ2) is 7.12. The maximum absolute atomic E-state index is 11.7. The average molecular weight is 337 g/mol. The number of benzene rings is 2. The summed E-state index contributed by atoms with van der Waals surface area (Å²) in [6.45, 7) is 2.13. The number of tetrazole rings is 1. The summed E-state index contributed by atoms with van der Waals surface area (Å²) in [6.07, 6.45) is 0. The van der Waals surface area contributed by atoms with Crippen LogP contribution in [0.4, 0.5) is 5.69 Å². The molecule has 0 amide bonds. The molecule has 0 unspecified atom stereocenters. The van der Waals surface area contributed by atoms with Gasteiger partial charge in [-0.2, -0.15) is 0 Å². The van der Waals surface area contributed by atoms with E-state index < -0.39 is 0 Å². The van der Waals surface area contributed by atoms with Crippen LogP contribution in [0.25, 0.3) is 17.1 Å². The summed E-state index contributed by atoms with van der Waals surface area (Å²) in [5.74, 6) is 0.152. The lowest BCUT2D eigenvalue weighted by Crippen LogP contribution is -2.08. The van der Waals surface area contributed by atoms with Crippen LogP contribution in [0.2, 0.25) is 0 Å². The first-order chi connectivity index (χ1) is 12.1. The third-order valence-electron chi connectivity index (χ3n) is 3.66. The molecule has 128 valence electrons. The van der Waals surface area contributed by atoms with Gasteiger partial charge in [0.1, 0.15) is 0 Å². The number of esters is 1. The van der Waals surface area contributed by atoms with Crippen LogP contribution in [0, 0.1) is 0 Å². The van der Waals surface area contributed by atoms with Gasteiger partial charge in [0, 0.05) is 25.3 Å². The molecule has 7 nitrogen and oxygen atoms in total. The second-order valence-electron chi connectivity index (χ2n) is 5.61. The van der Waals surface area contributed by atoms with E-state index in [1.165, 1.54) is 4.80 Å². The first-order valence-electron chi connectivity index (χ1n) is 7.94. The molecule has 3 rings (SSSR count). The molecule has 7 heteroatoms. The molecule has 0 N–H and O–H groups in total. The topological polar surface area (TPSA) is 73.1 Å². The fourth-order valence-electron chi connectivity index (χ4n) is 2.29. The molecular weight excluding hydrogens is 318 g/mol. The smallest absolute Gasteiger partial charge is 0.338 e. The van der Waals surface area contributed by atoms with Crippen molar-refractivity contribution in [3.63, 3.8) is 0 Å². The molecule has 0 fully saturated rings. The summed E-state index contributed by atoms with van der Waals surface area (Å²) in [4.78, 5) is 15.2. The summed E-state index contributed by atoms with van der Waals surface area (Å²) >= 11 is 0. The monoisotopic (exact) mass is 337 g/mol. The lowest BCUT2D eigenvalue weighted by Gasteiger charge is -2.12. The van der Waals surface area contributed by atoms with E-state index in [1.807, 2.05) is 43.3 Å². The quantitative estimate of drug-likeness (QED) is 0.666. The molecule has 0 saturated carbocycles. The average Bonchev–Trinajstić information content (AvgIpc) is 3.12. The van der Waals surface area contributed by atoms with Gasteiger partial charge in [0.05, 0.1) is 17.9 Å². The van der Waals surface area contributed by atoms with E-state index in [9.17, 15) is 4.79 Å². The number of carbonyl (C=O) groups excluding carboxylic acids is 1. The Kier molecular flexibility index (Phi) is 4.74. The molecular formula is C18H19N5O2. The lowest BCUT2D eigenvalue weighted by molar-refractivity contribution is 0.0526. The molecule has 1 aromatic heterocycles. The van der Waals surface area contributed by atoms with Crippen LogP contribution in [0.15, 0.2) is 48.5 Å². The van der Waals surface area contributed by atoms with E-state index in [4.69, 9.17) is 4.74 Å². The predicted molar refractivity (Wildman–Crippen MR) is 94.9 cm³/mol. The van der Waals surface area contributed by atoms with Gasteiger partial charge in [0.15, 0.2) is 0 Å². The number of carbonyl (C=O) groups is 1. The Bertz CT molecular complexity index is 854. The molecule has 1 heterocycles. The van der Waals surface area contributed by atoms with Crippen molar-refractivity contribution >= 4 is 11.7 Å². The molecule has 0 aliphatic carbocycles. The van der Waals surface area contributed by atoms with Gasteiger partial charge in [-0.05, 0) is 48.5 Å². The fourth-order valence-corrected chi connectivity index (χ4v) is 2.29. The Hall–Kier alpha value is -3.22. The Morgan fingerprint density at radius 3 is 2.36 bits per heavy atom.